The fourth-order valence-electron chi connectivity index (χ4n) is 3.25. The average molecular weight is 458 g/mol. The summed E-state index contributed by atoms with van der Waals surface area (Å²) in [5.41, 5.74) is 1.62. The SMILES string of the molecule is Cc1ccc(Nc2nc3c(c(=O)[nH]2)[C@H](C(=O)Nc2cccc(Cl)c2Cl)CC(=O)N3)cc1. The summed E-state index contributed by atoms with van der Waals surface area (Å²) < 4.78 is 0. The second-order valence-corrected chi connectivity index (χ2v) is 7.85. The number of amides is 2. The van der Waals surface area contributed by atoms with E-state index in [4.69, 9.17) is 23.2 Å². The Morgan fingerprint density at radius 3 is 2.61 bits per heavy atom. The van der Waals surface area contributed by atoms with E-state index in [0.717, 1.165) is 5.56 Å². The molecule has 2 aromatic carbocycles. The molecule has 0 saturated carbocycles. The molecule has 0 aliphatic carbocycles. The van der Waals surface area contributed by atoms with Crippen LogP contribution in [0.3, 0.4) is 0 Å². The largest absolute Gasteiger partial charge is 0.326 e. The van der Waals surface area contributed by atoms with Gasteiger partial charge < -0.3 is 16.0 Å². The number of anilines is 4. The Hall–Kier alpha value is -3.36. The Morgan fingerprint density at radius 2 is 1.87 bits per heavy atom. The van der Waals surface area contributed by atoms with Crippen LogP contribution in [0.15, 0.2) is 47.3 Å². The zero-order valence-electron chi connectivity index (χ0n) is 16.3. The first-order valence-electron chi connectivity index (χ1n) is 9.34. The van der Waals surface area contributed by atoms with Gasteiger partial charge in [0, 0.05) is 12.1 Å². The predicted molar refractivity (Wildman–Crippen MR) is 120 cm³/mol. The van der Waals surface area contributed by atoms with Crippen LogP contribution in [0.5, 0.6) is 0 Å². The lowest BCUT2D eigenvalue weighted by atomic mass is 9.92. The van der Waals surface area contributed by atoms with Crippen molar-refractivity contribution in [2.45, 2.75) is 19.3 Å². The number of aryl methyl sites for hydroxylation is 1. The highest BCUT2D eigenvalue weighted by Gasteiger charge is 2.35. The van der Waals surface area contributed by atoms with E-state index < -0.39 is 23.3 Å². The lowest BCUT2D eigenvalue weighted by molar-refractivity contribution is -0.123. The van der Waals surface area contributed by atoms with Crippen LogP contribution in [0.25, 0.3) is 0 Å². The van der Waals surface area contributed by atoms with Crippen LogP contribution in [0.2, 0.25) is 10.0 Å². The molecule has 0 saturated heterocycles. The molecule has 0 radical (unpaired) electrons. The van der Waals surface area contributed by atoms with Crippen molar-refractivity contribution in [2.24, 2.45) is 0 Å². The lowest BCUT2D eigenvalue weighted by Gasteiger charge is -2.24. The minimum absolute atomic E-state index is 0.0342. The molecule has 4 N–H and O–H groups in total. The first-order valence-corrected chi connectivity index (χ1v) is 10.1. The van der Waals surface area contributed by atoms with Crippen LogP contribution < -0.4 is 21.5 Å². The number of hydrogen-bond donors (Lipinski definition) is 4. The van der Waals surface area contributed by atoms with Gasteiger partial charge in [0.2, 0.25) is 17.8 Å². The molecule has 1 aliphatic rings. The molecule has 0 spiro atoms. The summed E-state index contributed by atoms with van der Waals surface area (Å²) in [6.07, 6.45) is -0.202. The Balaban J connectivity index is 1.65. The van der Waals surface area contributed by atoms with Crippen LogP contribution in [-0.4, -0.2) is 21.8 Å². The molecular weight excluding hydrogens is 441 g/mol. The summed E-state index contributed by atoms with van der Waals surface area (Å²) in [6, 6.07) is 12.3. The van der Waals surface area contributed by atoms with E-state index in [9.17, 15) is 14.4 Å². The van der Waals surface area contributed by atoms with Crippen molar-refractivity contribution >= 4 is 58.2 Å². The van der Waals surface area contributed by atoms with Crippen molar-refractivity contribution in [3.05, 3.63) is 74.0 Å². The van der Waals surface area contributed by atoms with Crippen molar-refractivity contribution in [1.29, 1.82) is 0 Å². The van der Waals surface area contributed by atoms with Crippen LogP contribution in [0.1, 0.15) is 23.5 Å². The van der Waals surface area contributed by atoms with Crippen LogP contribution >= 0.6 is 23.2 Å². The van der Waals surface area contributed by atoms with Crippen molar-refractivity contribution in [1.82, 2.24) is 9.97 Å². The molecule has 10 heteroatoms. The van der Waals surface area contributed by atoms with Crippen molar-refractivity contribution in [3.8, 4) is 0 Å². The maximum absolute atomic E-state index is 12.9. The van der Waals surface area contributed by atoms with E-state index in [1.54, 1.807) is 18.2 Å². The van der Waals surface area contributed by atoms with Gasteiger partial charge in [-0.3, -0.25) is 19.4 Å². The minimum Gasteiger partial charge on any atom is -0.326 e. The van der Waals surface area contributed by atoms with Gasteiger partial charge in [-0.2, -0.15) is 4.98 Å². The number of fused-ring (bicyclic) bond motifs is 1. The third-order valence-corrected chi connectivity index (χ3v) is 5.61. The molecule has 4 rings (SSSR count). The van der Waals surface area contributed by atoms with Gasteiger partial charge in [-0.25, -0.2) is 0 Å². The number of halogens is 2. The number of benzene rings is 2. The molecule has 1 aromatic heterocycles. The Kier molecular flexibility index (Phi) is 5.67. The normalized spacial score (nSPS) is 15.1. The topological polar surface area (TPSA) is 116 Å². The second-order valence-electron chi connectivity index (χ2n) is 7.06. The number of carbonyl (C=O) groups excluding carboxylic acids is 2. The first kappa shape index (κ1) is 20.9. The Morgan fingerprint density at radius 1 is 1.13 bits per heavy atom. The Bertz CT molecular complexity index is 1240. The van der Waals surface area contributed by atoms with E-state index in [1.165, 1.54) is 0 Å². The number of hydrogen-bond acceptors (Lipinski definition) is 5. The highest BCUT2D eigenvalue weighted by Crippen LogP contribution is 2.33. The third kappa shape index (κ3) is 4.40. The maximum atomic E-state index is 12.9. The molecule has 1 atom stereocenters. The fourth-order valence-corrected chi connectivity index (χ4v) is 3.60. The monoisotopic (exact) mass is 457 g/mol. The number of nitrogens with zero attached hydrogens (tertiary/aromatic N) is 1. The molecule has 2 heterocycles. The van der Waals surface area contributed by atoms with Crippen molar-refractivity contribution in [2.75, 3.05) is 16.0 Å². The number of H-pyrrole nitrogens is 1. The smallest absolute Gasteiger partial charge is 0.258 e. The lowest BCUT2D eigenvalue weighted by Crippen LogP contribution is -2.36. The van der Waals surface area contributed by atoms with Gasteiger partial charge in [0.25, 0.3) is 5.56 Å². The van der Waals surface area contributed by atoms with Gasteiger partial charge in [0.05, 0.1) is 27.2 Å². The van der Waals surface area contributed by atoms with Gasteiger partial charge in [0.1, 0.15) is 5.82 Å². The highest BCUT2D eigenvalue weighted by molar-refractivity contribution is 6.44. The van der Waals surface area contributed by atoms with Crippen molar-refractivity contribution in [3.63, 3.8) is 0 Å². The predicted octanol–water partition coefficient (Wildman–Crippen LogP) is 4.19. The van der Waals surface area contributed by atoms with Gasteiger partial charge in [-0.15, -0.1) is 0 Å². The van der Waals surface area contributed by atoms with E-state index in [1.807, 2.05) is 31.2 Å². The number of carbonyl (C=O) groups is 2. The maximum Gasteiger partial charge on any atom is 0.258 e. The molecule has 0 fully saturated rings. The molecule has 0 bridgehead atoms. The zero-order chi connectivity index (χ0) is 22.1. The quantitative estimate of drug-likeness (QED) is 0.468. The van der Waals surface area contributed by atoms with Crippen LogP contribution in [0.4, 0.5) is 23.1 Å². The summed E-state index contributed by atoms with van der Waals surface area (Å²) in [5.74, 6) is -1.85. The number of aromatic nitrogens is 2. The van der Waals surface area contributed by atoms with E-state index in [2.05, 4.69) is 25.9 Å². The van der Waals surface area contributed by atoms with E-state index in [-0.39, 0.29) is 39.5 Å². The standard InChI is InChI=1S/C21H17Cl2N5O3/c1-10-5-7-11(8-6-10)24-21-27-18-16(20(31)28-21)12(9-15(29)26-18)19(30)25-14-4-2-3-13(22)17(14)23/h2-8,12H,9H2,1H3,(H,25,30)(H3,24,26,27,28,29,31)/t12-/m1/s1. The Labute approximate surface area is 187 Å². The van der Waals surface area contributed by atoms with Gasteiger partial charge in [0.15, 0.2) is 0 Å². The van der Waals surface area contributed by atoms with E-state index >= 15 is 0 Å². The molecule has 1 aliphatic heterocycles. The second kappa shape index (κ2) is 8.41. The van der Waals surface area contributed by atoms with E-state index in [0.29, 0.717) is 5.69 Å². The molecule has 2 amide bonds. The number of aromatic amines is 1. The minimum atomic E-state index is -1.04. The molecule has 0 unspecified atom stereocenters. The fraction of sp³-hybridized carbons (Fsp3) is 0.143. The zero-order valence-corrected chi connectivity index (χ0v) is 17.8. The van der Waals surface area contributed by atoms with Gasteiger partial charge >= 0.3 is 0 Å². The van der Waals surface area contributed by atoms with Gasteiger partial charge in [-0.1, -0.05) is 47.0 Å². The van der Waals surface area contributed by atoms with Crippen molar-refractivity contribution < 1.29 is 9.59 Å². The summed E-state index contributed by atoms with van der Waals surface area (Å²) in [4.78, 5) is 44.9. The van der Waals surface area contributed by atoms with Crippen LogP contribution in [-0.2, 0) is 9.59 Å². The third-order valence-electron chi connectivity index (χ3n) is 4.79. The molecule has 31 heavy (non-hydrogen) atoms. The summed E-state index contributed by atoms with van der Waals surface area (Å²) in [6.45, 7) is 1.96. The summed E-state index contributed by atoms with van der Waals surface area (Å²) >= 11 is 12.1. The average Bonchev–Trinajstić information content (AvgIpc) is 2.72. The molecular formula is C21H17Cl2N5O3. The number of rotatable bonds is 4. The van der Waals surface area contributed by atoms with Crippen LogP contribution in [0, 0.1) is 6.92 Å². The molecule has 8 nitrogen and oxygen atoms in total. The first-order chi connectivity index (χ1) is 14.8. The summed E-state index contributed by atoms with van der Waals surface area (Å²) in [5, 5.41) is 8.63. The highest BCUT2D eigenvalue weighted by atomic mass is 35.5. The molecule has 3 aromatic rings. The summed E-state index contributed by atoms with van der Waals surface area (Å²) in [7, 11) is 0. The van der Waals surface area contributed by atoms with Gasteiger partial charge in [-0.05, 0) is 31.2 Å². The number of nitrogens with one attached hydrogen (secondary N) is 4. The molecule has 158 valence electrons.